The number of fused-ring (bicyclic) bond motifs is 1. The third kappa shape index (κ3) is 6.21. The zero-order valence-electron chi connectivity index (χ0n) is 22.3. The number of methoxy groups -OCH3 is 2. The van der Waals surface area contributed by atoms with Crippen LogP contribution in [-0.4, -0.2) is 67.0 Å². The zero-order valence-corrected chi connectivity index (χ0v) is 23.0. The molecule has 2 fully saturated rings. The molecule has 2 aliphatic heterocycles. The fourth-order valence-electron chi connectivity index (χ4n) is 5.62. The number of anilines is 1. The highest BCUT2D eigenvalue weighted by Crippen LogP contribution is 2.34. The average Bonchev–Trinajstić information content (AvgIpc) is 2.91. The van der Waals surface area contributed by atoms with Crippen LogP contribution in [-0.2, 0) is 4.79 Å². The molecule has 7 nitrogen and oxygen atoms in total. The van der Waals surface area contributed by atoms with Crippen molar-refractivity contribution in [2.24, 2.45) is 5.92 Å². The second-order valence-electron chi connectivity index (χ2n) is 10.5. The molecule has 0 saturated carbocycles. The van der Waals surface area contributed by atoms with E-state index >= 15 is 0 Å². The summed E-state index contributed by atoms with van der Waals surface area (Å²) in [7, 11) is 3.13. The minimum absolute atomic E-state index is 0.173. The van der Waals surface area contributed by atoms with E-state index in [0.717, 1.165) is 32.4 Å². The van der Waals surface area contributed by atoms with E-state index in [1.807, 2.05) is 13.8 Å². The molecule has 2 heterocycles. The van der Waals surface area contributed by atoms with E-state index in [-0.39, 0.29) is 11.8 Å². The first-order valence-corrected chi connectivity index (χ1v) is 13.5. The van der Waals surface area contributed by atoms with Crippen molar-refractivity contribution >= 4 is 29.1 Å². The van der Waals surface area contributed by atoms with Gasteiger partial charge in [0, 0.05) is 47.1 Å². The predicted octanol–water partition coefficient (Wildman–Crippen LogP) is 5.48. The Labute approximate surface area is 225 Å². The number of hydrogen-bond acceptors (Lipinski definition) is 5. The van der Waals surface area contributed by atoms with Crippen molar-refractivity contribution in [2.45, 2.75) is 57.5 Å². The summed E-state index contributed by atoms with van der Waals surface area (Å²) >= 11 is 6.09. The summed E-state index contributed by atoms with van der Waals surface area (Å²) in [6.45, 7) is 6.39. The van der Waals surface area contributed by atoms with Crippen LogP contribution in [0.1, 0.15) is 56.3 Å². The molecule has 2 atom stereocenters. The molecule has 2 aromatic rings. The van der Waals surface area contributed by atoms with Gasteiger partial charge in [0.15, 0.2) is 0 Å². The SMILES string of the molecule is COc1cc(NC(=O)C(C)(C)N(C[C@@H]2CCCN3CCCC[C@@H]23)C(=O)c2ccc(Cl)cc2)cc(OC)c1. The normalized spacial score (nSPS) is 20.0. The largest absolute Gasteiger partial charge is 0.497 e. The van der Waals surface area contributed by atoms with Gasteiger partial charge in [0.2, 0.25) is 5.91 Å². The molecule has 37 heavy (non-hydrogen) atoms. The summed E-state index contributed by atoms with van der Waals surface area (Å²) in [5.41, 5.74) is -0.0572. The maximum Gasteiger partial charge on any atom is 0.254 e. The Hall–Kier alpha value is -2.77. The molecule has 2 aromatic carbocycles. The molecule has 200 valence electrons. The summed E-state index contributed by atoms with van der Waals surface area (Å²) in [5.74, 6) is 1.01. The molecule has 8 heteroatoms. The van der Waals surface area contributed by atoms with Crippen molar-refractivity contribution in [1.29, 1.82) is 0 Å². The summed E-state index contributed by atoms with van der Waals surface area (Å²) in [5, 5.41) is 3.56. The number of piperidine rings is 2. The molecule has 0 spiro atoms. The fourth-order valence-corrected chi connectivity index (χ4v) is 5.75. The third-order valence-corrected chi connectivity index (χ3v) is 8.07. The molecule has 2 saturated heterocycles. The van der Waals surface area contributed by atoms with Crippen LogP contribution >= 0.6 is 11.6 Å². The second kappa shape index (κ2) is 11.7. The van der Waals surface area contributed by atoms with Gasteiger partial charge < -0.3 is 24.6 Å². The highest BCUT2D eigenvalue weighted by atomic mass is 35.5. The molecular weight excluding hydrogens is 490 g/mol. The highest BCUT2D eigenvalue weighted by Gasteiger charge is 2.42. The van der Waals surface area contributed by atoms with Gasteiger partial charge in [-0.2, -0.15) is 0 Å². The Morgan fingerprint density at radius 3 is 2.30 bits per heavy atom. The number of hydrogen-bond donors (Lipinski definition) is 1. The summed E-state index contributed by atoms with van der Waals surface area (Å²) in [6, 6.07) is 12.6. The monoisotopic (exact) mass is 527 g/mol. The Balaban J connectivity index is 1.63. The van der Waals surface area contributed by atoms with Gasteiger partial charge in [-0.1, -0.05) is 18.0 Å². The van der Waals surface area contributed by atoms with E-state index in [2.05, 4.69) is 10.2 Å². The number of carbonyl (C=O) groups is 2. The number of benzene rings is 2. The van der Waals surface area contributed by atoms with Crippen molar-refractivity contribution in [3.8, 4) is 11.5 Å². The average molecular weight is 528 g/mol. The van der Waals surface area contributed by atoms with Gasteiger partial charge in [-0.15, -0.1) is 0 Å². The number of carbonyl (C=O) groups excluding carboxylic acids is 2. The molecule has 0 radical (unpaired) electrons. The number of amides is 2. The predicted molar refractivity (Wildman–Crippen MR) is 147 cm³/mol. The van der Waals surface area contributed by atoms with Gasteiger partial charge in [-0.25, -0.2) is 0 Å². The number of ether oxygens (including phenoxy) is 2. The molecule has 0 aromatic heterocycles. The van der Waals surface area contributed by atoms with Crippen LogP contribution in [0.2, 0.25) is 5.02 Å². The maximum absolute atomic E-state index is 13.9. The van der Waals surface area contributed by atoms with Gasteiger partial charge in [-0.3, -0.25) is 9.59 Å². The molecule has 4 rings (SSSR count). The lowest BCUT2D eigenvalue weighted by Crippen LogP contribution is -2.59. The minimum atomic E-state index is -1.12. The van der Waals surface area contributed by atoms with E-state index in [9.17, 15) is 9.59 Å². The van der Waals surface area contributed by atoms with Gasteiger partial charge in [-0.05, 0) is 82.8 Å². The van der Waals surface area contributed by atoms with Crippen molar-refractivity contribution in [1.82, 2.24) is 9.80 Å². The quantitative estimate of drug-likeness (QED) is 0.492. The number of nitrogens with zero attached hydrogens (tertiary/aromatic N) is 2. The van der Waals surface area contributed by atoms with Crippen LogP contribution in [0.4, 0.5) is 5.69 Å². The first-order chi connectivity index (χ1) is 17.7. The Bertz CT molecular complexity index is 1080. The molecule has 2 aliphatic rings. The van der Waals surface area contributed by atoms with Crippen LogP contribution in [0.15, 0.2) is 42.5 Å². The minimum Gasteiger partial charge on any atom is -0.497 e. The number of rotatable bonds is 8. The Morgan fingerprint density at radius 2 is 1.65 bits per heavy atom. The molecule has 1 N–H and O–H groups in total. The van der Waals surface area contributed by atoms with Crippen LogP contribution in [0.5, 0.6) is 11.5 Å². The lowest BCUT2D eigenvalue weighted by atomic mass is 9.82. The highest BCUT2D eigenvalue weighted by molar-refractivity contribution is 6.30. The second-order valence-corrected chi connectivity index (χ2v) is 11.0. The van der Waals surface area contributed by atoms with E-state index in [4.69, 9.17) is 21.1 Å². The van der Waals surface area contributed by atoms with Gasteiger partial charge in [0.05, 0.1) is 14.2 Å². The van der Waals surface area contributed by atoms with Crippen LogP contribution < -0.4 is 14.8 Å². The van der Waals surface area contributed by atoms with Gasteiger partial charge in [0.25, 0.3) is 5.91 Å². The topological polar surface area (TPSA) is 71.1 Å². The number of nitrogens with one attached hydrogen (secondary N) is 1. The summed E-state index contributed by atoms with van der Waals surface area (Å²) < 4.78 is 10.7. The van der Waals surface area contributed by atoms with Crippen molar-refractivity contribution in [3.05, 3.63) is 53.1 Å². The Kier molecular flexibility index (Phi) is 8.65. The third-order valence-electron chi connectivity index (χ3n) is 7.82. The lowest BCUT2D eigenvalue weighted by Gasteiger charge is -2.47. The molecule has 0 bridgehead atoms. The van der Waals surface area contributed by atoms with E-state index in [0.29, 0.717) is 46.3 Å². The van der Waals surface area contributed by atoms with E-state index in [1.54, 1.807) is 61.6 Å². The van der Waals surface area contributed by atoms with E-state index in [1.165, 1.54) is 12.8 Å². The van der Waals surface area contributed by atoms with Gasteiger partial charge >= 0.3 is 0 Å². The fraction of sp³-hybridized carbons (Fsp3) is 0.517. The standard InChI is InChI=1S/C29H38ClN3O4/c1-29(2,28(35)31-23-16-24(36-3)18-25(17-23)37-4)33(27(34)20-10-12-22(30)13-11-20)19-21-8-7-15-32-14-6-5-9-26(21)32/h10-13,16-18,21,26H,5-9,14-15,19H2,1-4H3,(H,31,35)/t21-,26-/m0/s1. The van der Waals surface area contributed by atoms with Gasteiger partial charge in [0.1, 0.15) is 17.0 Å². The lowest BCUT2D eigenvalue weighted by molar-refractivity contribution is -0.125. The first kappa shape index (κ1) is 27.3. The molecule has 2 amide bonds. The first-order valence-electron chi connectivity index (χ1n) is 13.1. The summed E-state index contributed by atoms with van der Waals surface area (Å²) in [4.78, 5) is 32.1. The molecule has 0 unspecified atom stereocenters. The van der Waals surface area contributed by atoms with Crippen LogP contribution in [0.25, 0.3) is 0 Å². The maximum atomic E-state index is 13.9. The zero-order chi connectivity index (χ0) is 26.6. The van der Waals surface area contributed by atoms with Crippen LogP contribution in [0, 0.1) is 5.92 Å². The van der Waals surface area contributed by atoms with Crippen molar-refractivity contribution < 1.29 is 19.1 Å². The van der Waals surface area contributed by atoms with Crippen molar-refractivity contribution in [3.63, 3.8) is 0 Å². The van der Waals surface area contributed by atoms with Crippen LogP contribution in [0.3, 0.4) is 0 Å². The summed E-state index contributed by atoms with van der Waals surface area (Å²) in [6.07, 6.45) is 5.75. The smallest absolute Gasteiger partial charge is 0.254 e. The molecular formula is C29H38ClN3O4. The van der Waals surface area contributed by atoms with Crippen molar-refractivity contribution in [2.75, 3.05) is 39.2 Å². The Morgan fingerprint density at radius 1 is 1.00 bits per heavy atom. The number of halogens is 1. The molecule has 0 aliphatic carbocycles. The van der Waals surface area contributed by atoms with E-state index < -0.39 is 5.54 Å².